The van der Waals surface area contributed by atoms with Crippen molar-refractivity contribution in [1.29, 1.82) is 0 Å². The summed E-state index contributed by atoms with van der Waals surface area (Å²) in [6.45, 7) is 6.37. The van der Waals surface area contributed by atoms with E-state index in [1.165, 1.54) is 83.5 Å². The number of ether oxygens (including phenoxy) is 3. The average Bonchev–Trinajstić information content (AvgIpc) is 3.41. The topological polar surface area (TPSA) is 78.9 Å². The van der Waals surface area contributed by atoms with Gasteiger partial charge in [-0.15, -0.1) is 0 Å². The number of allylic oxidation sites excluding steroid dienone is 22. The van der Waals surface area contributed by atoms with Crippen LogP contribution in [0.4, 0.5) is 0 Å². The number of esters is 3. The molecule has 0 amide bonds. The molecule has 0 aromatic heterocycles. The van der Waals surface area contributed by atoms with Crippen LogP contribution in [-0.4, -0.2) is 37.2 Å². The first-order valence-electron chi connectivity index (χ1n) is 30.7. The summed E-state index contributed by atoms with van der Waals surface area (Å²) in [6, 6.07) is 0. The van der Waals surface area contributed by atoms with E-state index in [9.17, 15) is 14.4 Å². The molecule has 0 aliphatic rings. The lowest BCUT2D eigenvalue weighted by molar-refractivity contribution is -0.167. The molecule has 0 spiro atoms. The van der Waals surface area contributed by atoms with E-state index < -0.39 is 6.10 Å². The molecule has 0 fully saturated rings. The Hall–Kier alpha value is -4.45. The normalized spacial score (nSPS) is 13.1. The molecule has 1 unspecified atom stereocenters. The quantitative estimate of drug-likeness (QED) is 0.0261. The second-order valence-electron chi connectivity index (χ2n) is 19.9. The number of carbonyl (C=O) groups excluding carboxylic acids is 3. The molecule has 6 heteroatoms. The van der Waals surface area contributed by atoms with Gasteiger partial charge >= 0.3 is 17.9 Å². The molecular formula is C69H112O6. The third-order valence-electron chi connectivity index (χ3n) is 12.7. The Labute approximate surface area is 462 Å². The zero-order valence-corrected chi connectivity index (χ0v) is 48.5. The third-order valence-corrected chi connectivity index (χ3v) is 12.7. The van der Waals surface area contributed by atoms with Crippen LogP contribution in [0, 0.1) is 0 Å². The van der Waals surface area contributed by atoms with E-state index in [1.807, 2.05) is 0 Å². The van der Waals surface area contributed by atoms with Crippen molar-refractivity contribution in [3.05, 3.63) is 134 Å². The second-order valence-corrected chi connectivity index (χ2v) is 19.9. The SMILES string of the molecule is CC/C=C\C/C=C\C/C=C\C/C=C\C/C=C\C/C=C\C/C=C\CCCCCC(=O)OCC(COC(=O)CCCCCCCCCCCCC)OC(=O)CCCCCCCCCC/C=C\C/C=C\C/C=C\C/C=C\CC. The smallest absolute Gasteiger partial charge is 0.306 e. The second kappa shape index (κ2) is 62.1. The number of carbonyl (C=O) groups is 3. The van der Waals surface area contributed by atoms with E-state index in [4.69, 9.17) is 14.2 Å². The van der Waals surface area contributed by atoms with Crippen LogP contribution in [0.25, 0.3) is 0 Å². The maximum absolute atomic E-state index is 12.9. The first-order chi connectivity index (χ1) is 37.0. The van der Waals surface area contributed by atoms with Gasteiger partial charge in [-0.1, -0.05) is 264 Å². The van der Waals surface area contributed by atoms with Crippen molar-refractivity contribution in [3.8, 4) is 0 Å². The molecule has 0 aromatic rings. The van der Waals surface area contributed by atoms with Gasteiger partial charge in [0.25, 0.3) is 0 Å². The Morgan fingerprint density at radius 2 is 0.520 bits per heavy atom. The van der Waals surface area contributed by atoms with E-state index in [-0.39, 0.29) is 31.1 Å². The molecule has 0 heterocycles. The van der Waals surface area contributed by atoms with Crippen molar-refractivity contribution in [1.82, 2.24) is 0 Å². The summed E-state index contributed by atoms with van der Waals surface area (Å²) in [4.78, 5) is 38.2. The zero-order chi connectivity index (χ0) is 54.3. The van der Waals surface area contributed by atoms with Crippen molar-refractivity contribution in [2.45, 2.75) is 271 Å². The minimum atomic E-state index is -0.800. The van der Waals surface area contributed by atoms with Crippen LogP contribution in [0.3, 0.4) is 0 Å². The molecule has 0 radical (unpaired) electrons. The lowest BCUT2D eigenvalue weighted by Gasteiger charge is -2.18. The highest BCUT2D eigenvalue weighted by Crippen LogP contribution is 2.15. The summed E-state index contributed by atoms with van der Waals surface area (Å²) in [5.41, 5.74) is 0. The fraction of sp³-hybridized carbons (Fsp3) is 0.638. The maximum atomic E-state index is 12.9. The summed E-state index contributed by atoms with van der Waals surface area (Å²) in [6.07, 6.45) is 87.3. The molecule has 6 nitrogen and oxygen atoms in total. The highest BCUT2D eigenvalue weighted by molar-refractivity contribution is 5.71. The Kier molecular flexibility index (Phi) is 58.4. The third kappa shape index (κ3) is 60.3. The van der Waals surface area contributed by atoms with E-state index >= 15 is 0 Å². The maximum Gasteiger partial charge on any atom is 0.306 e. The van der Waals surface area contributed by atoms with Gasteiger partial charge in [0.15, 0.2) is 6.10 Å². The Morgan fingerprint density at radius 3 is 0.827 bits per heavy atom. The Balaban J connectivity index is 4.41. The van der Waals surface area contributed by atoms with E-state index in [0.717, 1.165) is 141 Å². The van der Waals surface area contributed by atoms with Gasteiger partial charge in [-0.25, -0.2) is 0 Å². The molecule has 1 atom stereocenters. The molecule has 0 aliphatic carbocycles. The van der Waals surface area contributed by atoms with Gasteiger partial charge in [0.2, 0.25) is 0 Å². The fourth-order valence-electron chi connectivity index (χ4n) is 8.12. The largest absolute Gasteiger partial charge is 0.462 e. The number of hydrogen-bond donors (Lipinski definition) is 0. The highest BCUT2D eigenvalue weighted by atomic mass is 16.6. The summed E-state index contributed by atoms with van der Waals surface area (Å²) in [7, 11) is 0. The van der Waals surface area contributed by atoms with Crippen molar-refractivity contribution >= 4 is 17.9 Å². The summed E-state index contributed by atoms with van der Waals surface area (Å²) >= 11 is 0. The van der Waals surface area contributed by atoms with Gasteiger partial charge in [-0.05, 0) is 116 Å². The Morgan fingerprint density at radius 1 is 0.280 bits per heavy atom. The summed E-state index contributed by atoms with van der Waals surface area (Å²) in [5, 5.41) is 0. The van der Waals surface area contributed by atoms with Gasteiger partial charge in [-0.2, -0.15) is 0 Å². The summed E-state index contributed by atoms with van der Waals surface area (Å²) < 4.78 is 16.9. The molecular weight excluding hydrogens is 925 g/mol. The Bertz CT molecular complexity index is 1620. The van der Waals surface area contributed by atoms with Gasteiger partial charge in [0.05, 0.1) is 0 Å². The average molecular weight is 1040 g/mol. The summed E-state index contributed by atoms with van der Waals surface area (Å²) in [5.74, 6) is -0.937. The molecule has 0 saturated carbocycles. The molecule has 0 aromatic carbocycles. The van der Waals surface area contributed by atoms with E-state index in [1.54, 1.807) is 0 Å². The molecule has 0 N–H and O–H groups in total. The fourth-order valence-corrected chi connectivity index (χ4v) is 8.12. The van der Waals surface area contributed by atoms with Crippen LogP contribution in [-0.2, 0) is 28.6 Å². The van der Waals surface area contributed by atoms with E-state index in [0.29, 0.717) is 19.3 Å². The molecule has 0 rings (SSSR count). The first-order valence-corrected chi connectivity index (χ1v) is 30.7. The van der Waals surface area contributed by atoms with Crippen molar-refractivity contribution in [3.63, 3.8) is 0 Å². The van der Waals surface area contributed by atoms with Crippen molar-refractivity contribution < 1.29 is 28.6 Å². The van der Waals surface area contributed by atoms with Gasteiger partial charge in [-0.3, -0.25) is 14.4 Å². The van der Waals surface area contributed by atoms with Crippen molar-refractivity contribution in [2.24, 2.45) is 0 Å². The first kappa shape index (κ1) is 70.5. The van der Waals surface area contributed by atoms with Crippen LogP contribution in [0.1, 0.15) is 265 Å². The monoisotopic (exact) mass is 1040 g/mol. The minimum Gasteiger partial charge on any atom is -0.462 e. The minimum absolute atomic E-state index is 0.0942. The van der Waals surface area contributed by atoms with Gasteiger partial charge < -0.3 is 14.2 Å². The predicted octanol–water partition coefficient (Wildman–Crippen LogP) is 21.0. The molecule has 75 heavy (non-hydrogen) atoms. The van der Waals surface area contributed by atoms with Crippen LogP contribution in [0.2, 0.25) is 0 Å². The lowest BCUT2D eigenvalue weighted by atomic mass is 10.1. The molecule has 0 aliphatic heterocycles. The standard InChI is InChI=1S/C69H112O6/c1-4-7-10-13-16-19-22-24-26-28-30-32-33-34-35-37-38-40-42-44-47-50-53-56-59-62-68(71)74-65-66(64-73-67(70)61-58-55-52-49-46-21-18-15-12-9-6-3)75-69(72)63-60-57-54-51-48-45-43-41-39-36-31-29-27-25-23-20-17-14-11-8-5-2/h7-8,10-11,16-17,19-20,24-27,30-32,34-36,38,40,44,47,66H,4-6,9,12-15,18,21-23,28-29,33,37,39,41-43,45-46,48-65H2,1-3H3/b10-7-,11-8-,19-16-,20-17-,26-24-,27-25-,32-30-,35-34-,36-31-,40-38-,47-44-. The number of rotatable bonds is 54. The van der Waals surface area contributed by atoms with Crippen molar-refractivity contribution in [2.75, 3.05) is 13.2 Å². The van der Waals surface area contributed by atoms with Crippen LogP contribution in [0.15, 0.2) is 134 Å². The molecule has 0 bridgehead atoms. The number of unbranched alkanes of at least 4 members (excludes halogenated alkanes) is 21. The van der Waals surface area contributed by atoms with E-state index in [2.05, 4.69) is 154 Å². The molecule has 0 saturated heterocycles. The predicted molar refractivity (Wildman–Crippen MR) is 325 cm³/mol. The van der Waals surface area contributed by atoms with Crippen LogP contribution >= 0.6 is 0 Å². The van der Waals surface area contributed by atoms with Gasteiger partial charge in [0.1, 0.15) is 13.2 Å². The zero-order valence-electron chi connectivity index (χ0n) is 48.5. The van der Waals surface area contributed by atoms with Crippen LogP contribution in [0.5, 0.6) is 0 Å². The molecule has 424 valence electrons. The van der Waals surface area contributed by atoms with Gasteiger partial charge in [0, 0.05) is 19.3 Å². The number of hydrogen-bond acceptors (Lipinski definition) is 6. The van der Waals surface area contributed by atoms with Crippen LogP contribution < -0.4 is 0 Å². The lowest BCUT2D eigenvalue weighted by Crippen LogP contribution is -2.30. The highest BCUT2D eigenvalue weighted by Gasteiger charge is 2.19.